The first-order valence-corrected chi connectivity index (χ1v) is 12.2. The lowest BCUT2D eigenvalue weighted by Crippen LogP contribution is -2.39. The molecule has 1 heterocycles. The predicted molar refractivity (Wildman–Crippen MR) is 134 cm³/mol. The molecule has 31 heavy (non-hydrogen) atoms. The van der Waals surface area contributed by atoms with Crippen LogP contribution >= 0.6 is 24.0 Å². The quantitative estimate of drug-likeness (QED) is 0.177. The van der Waals surface area contributed by atoms with Crippen molar-refractivity contribution in [2.45, 2.75) is 56.4 Å². The molecule has 1 aromatic carbocycles. The Labute approximate surface area is 202 Å². The summed E-state index contributed by atoms with van der Waals surface area (Å²) in [4.78, 5) is 4.77. The van der Waals surface area contributed by atoms with E-state index in [0.717, 1.165) is 42.6 Å². The maximum absolute atomic E-state index is 11.4. The van der Waals surface area contributed by atoms with E-state index in [1.54, 1.807) is 18.4 Å². The third-order valence-corrected chi connectivity index (χ3v) is 6.40. The molecule has 0 bridgehead atoms. The molecule has 1 aromatic heterocycles. The van der Waals surface area contributed by atoms with Crippen molar-refractivity contribution in [3.8, 4) is 0 Å². The number of nitrogens with two attached hydrogens (primary N) is 1. The summed E-state index contributed by atoms with van der Waals surface area (Å²) in [6.07, 6.45) is 10.4. The lowest BCUT2D eigenvalue weighted by atomic mass is 10.0. The largest absolute Gasteiger partial charge is 0.469 e. The van der Waals surface area contributed by atoms with E-state index in [4.69, 9.17) is 9.56 Å². The van der Waals surface area contributed by atoms with Crippen LogP contribution in [0.3, 0.4) is 0 Å². The number of halogens is 1. The molecule has 0 saturated heterocycles. The van der Waals surface area contributed by atoms with E-state index in [-0.39, 0.29) is 28.9 Å². The molecule has 0 atom stereocenters. The highest BCUT2D eigenvalue weighted by atomic mass is 127. The van der Waals surface area contributed by atoms with Gasteiger partial charge >= 0.3 is 0 Å². The van der Waals surface area contributed by atoms with E-state index in [0.29, 0.717) is 13.1 Å². The fourth-order valence-electron chi connectivity index (χ4n) is 3.78. The van der Waals surface area contributed by atoms with Gasteiger partial charge in [-0.1, -0.05) is 37.8 Å². The molecule has 1 fully saturated rings. The average Bonchev–Trinajstić information content (AvgIpc) is 3.42. The molecule has 172 valence electrons. The monoisotopic (exact) mass is 560 g/mol. The van der Waals surface area contributed by atoms with Gasteiger partial charge in [0.1, 0.15) is 5.76 Å². The molecular formula is C22H33IN4O3S. The highest BCUT2D eigenvalue weighted by Gasteiger charge is 2.14. The third kappa shape index (κ3) is 9.20. The van der Waals surface area contributed by atoms with Gasteiger partial charge in [0, 0.05) is 19.5 Å². The Hall–Kier alpha value is -1.59. The molecule has 1 aliphatic carbocycles. The number of benzene rings is 1. The maximum Gasteiger partial charge on any atom is 0.238 e. The number of hydrogen-bond donors (Lipinski definition) is 3. The van der Waals surface area contributed by atoms with Crippen LogP contribution < -0.4 is 15.8 Å². The lowest BCUT2D eigenvalue weighted by molar-refractivity contribution is 0.481. The first-order valence-electron chi connectivity index (χ1n) is 10.7. The van der Waals surface area contributed by atoms with Gasteiger partial charge < -0.3 is 15.1 Å². The van der Waals surface area contributed by atoms with Gasteiger partial charge in [0.25, 0.3) is 0 Å². The van der Waals surface area contributed by atoms with Crippen molar-refractivity contribution in [1.82, 2.24) is 10.6 Å². The molecule has 0 amide bonds. The summed E-state index contributed by atoms with van der Waals surface area (Å²) < 4.78 is 28.2. The average molecular weight is 561 g/mol. The molecule has 2 aromatic rings. The molecule has 7 nitrogen and oxygen atoms in total. The van der Waals surface area contributed by atoms with Gasteiger partial charge in [-0.15, -0.1) is 24.0 Å². The van der Waals surface area contributed by atoms with Crippen LogP contribution in [0.2, 0.25) is 0 Å². The minimum Gasteiger partial charge on any atom is -0.469 e. The van der Waals surface area contributed by atoms with Crippen molar-refractivity contribution in [2.24, 2.45) is 16.0 Å². The first-order chi connectivity index (χ1) is 14.5. The van der Waals surface area contributed by atoms with Crippen LogP contribution in [0.4, 0.5) is 0 Å². The number of nitrogens with zero attached hydrogens (tertiary/aromatic N) is 1. The summed E-state index contributed by atoms with van der Waals surface area (Å²) in [5, 5.41) is 11.9. The fraction of sp³-hybridized carbons (Fsp3) is 0.500. The summed E-state index contributed by atoms with van der Waals surface area (Å²) in [5.74, 6) is 2.57. The van der Waals surface area contributed by atoms with E-state index >= 15 is 0 Å². The number of hydrogen-bond acceptors (Lipinski definition) is 4. The van der Waals surface area contributed by atoms with Crippen LogP contribution in [0.1, 0.15) is 49.8 Å². The van der Waals surface area contributed by atoms with Crippen molar-refractivity contribution in [2.75, 3.05) is 13.1 Å². The van der Waals surface area contributed by atoms with E-state index in [1.165, 1.54) is 44.2 Å². The number of primary sulfonamides is 1. The van der Waals surface area contributed by atoms with Gasteiger partial charge in [-0.3, -0.25) is 0 Å². The highest BCUT2D eigenvalue weighted by Crippen LogP contribution is 2.28. The van der Waals surface area contributed by atoms with Gasteiger partial charge in [0.05, 0.1) is 17.7 Å². The second kappa shape index (κ2) is 13.1. The second-order valence-corrected chi connectivity index (χ2v) is 9.39. The van der Waals surface area contributed by atoms with Crippen molar-refractivity contribution >= 4 is 40.0 Å². The summed E-state index contributed by atoms with van der Waals surface area (Å²) in [7, 11) is -3.68. The van der Waals surface area contributed by atoms with Gasteiger partial charge in [0.15, 0.2) is 5.96 Å². The number of nitrogens with one attached hydrogen (secondary N) is 2. The molecule has 0 aliphatic heterocycles. The van der Waals surface area contributed by atoms with Crippen molar-refractivity contribution in [3.63, 3.8) is 0 Å². The zero-order valence-corrected chi connectivity index (χ0v) is 20.9. The van der Waals surface area contributed by atoms with E-state index in [2.05, 4.69) is 15.6 Å². The Kier molecular flexibility index (Phi) is 10.8. The Morgan fingerprint density at radius 3 is 2.45 bits per heavy atom. The van der Waals surface area contributed by atoms with Gasteiger partial charge in [-0.2, -0.15) is 0 Å². The van der Waals surface area contributed by atoms with Gasteiger partial charge in [-0.05, 0) is 48.6 Å². The number of sulfonamides is 1. The van der Waals surface area contributed by atoms with Crippen molar-refractivity contribution in [3.05, 3.63) is 54.0 Å². The van der Waals surface area contributed by atoms with Gasteiger partial charge in [-0.25, -0.2) is 18.5 Å². The van der Waals surface area contributed by atoms with Crippen LogP contribution in [-0.4, -0.2) is 27.5 Å². The number of rotatable bonds is 10. The summed E-state index contributed by atoms with van der Waals surface area (Å²) in [6.45, 7) is 2.05. The smallest absolute Gasteiger partial charge is 0.238 e. The van der Waals surface area contributed by atoms with E-state index in [9.17, 15) is 8.42 Å². The van der Waals surface area contributed by atoms with Crippen molar-refractivity contribution in [1.29, 1.82) is 0 Å². The maximum atomic E-state index is 11.4. The molecule has 0 unspecified atom stereocenters. The third-order valence-electron chi connectivity index (χ3n) is 5.47. The Morgan fingerprint density at radius 2 is 1.81 bits per heavy atom. The SMILES string of the molecule is I.NS(=O)(=O)c1ccc(CN=C(NCCCC2CCCC2)NCCc2ccco2)cc1. The van der Waals surface area contributed by atoms with Crippen LogP contribution in [0, 0.1) is 5.92 Å². The van der Waals surface area contributed by atoms with E-state index in [1.807, 2.05) is 12.1 Å². The zero-order valence-electron chi connectivity index (χ0n) is 17.8. The minimum absolute atomic E-state index is 0. The van der Waals surface area contributed by atoms with Crippen molar-refractivity contribution < 1.29 is 12.8 Å². The van der Waals surface area contributed by atoms with E-state index < -0.39 is 10.0 Å². The highest BCUT2D eigenvalue weighted by molar-refractivity contribution is 14.0. The summed E-state index contributed by atoms with van der Waals surface area (Å²) >= 11 is 0. The molecular weight excluding hydrogens is 527 g/mol. The number of guanidine groups is 1. The molecule has 9 heteroatoms. The van der Waals surface area contributed by atoms with Crippen LogP contribution in [0.5, 0.6) is 0 Å². The number of furan rings is 1. The lowest BCUT2D eigenvalue weighted by Gasteiger charge is -2.14. The Morgan fingerprint density at radius 1 is 1.10 bits per heavy atom. The first kappa shape index (κ1) is 25.7. The standard InChI is InChI=1S/C22H32N4O3S.HI/c23-30(27,28)21-11-9-19(10-12-21)17-26-22(25-15-13-20-8-4-16-29-20)24-14-3-7-18-5-1-2-6-18;/h4,8-12,16,18H,1-3,5-7,13-15,17H2,(H2,23,27,28)(H2,24,25,26);1H. The molecule has 1 saturated carbocycles. The summed E-state index contributed by atoms with van der Waals surface area (Å²) in [6, 6.07) is 10.4. The predicted octanol–water partition coefficient (Wildman–Crippen LogP) is 3.79. The molecule has 0 spiro atoms. The summed E-state index contributed by atoms with van der Waals surface area (Å²) in [5.41, 5.74) is 0.917. The minimum atomic E-state index is -3.68. The zero-order chi connectivity index (χ0) is 21.2. The number of aliphatic imine (C=N–C) groups is 1. The van der Waals surface area contributed by atoms with Gasteiger partial charge in [0.2, 0.25) is 10.0 Å². The van der Waals surface area contributed by atoms with Crippen LogP contribution in [0.25, 0.3) is 0 Å². The molecule has 1 aliphatic rings. The second-order valence-electron chi connectivity index (χ2n) is 7.83. The normalized spacial score (nSPS) is 14.9. The fourth-order valence-corrected chi connectivity index (χ4v) is 4.30. The molecule has 0 radical (unpaired) electrons. The topological polar surface area (TPSA) is 110 Å². The molecule has 3 rings (SSSR count). The van der Waals surface area contributed by atoms with Crippen LogP contribution in [0.15, 0.2) is 57.0 Å². The molecule has 4 N–H and O–H groups in total. The Bertz CT molecular complexity index is 893. The Balaban J connectivity index is 0.00000341. The van der Waals surface area contributed by atoms with Crippen LogP contribution in [-0.2, 0) is 23.0 Å².